The first-order valence-electron chi connectivity index (χ1n) is 8.47. The molecule has 4 nitrogen and oxygen atoms in total. The largest absolute Gasteiger partial charge is 0.357 e. The maximum atomic E-state index is 4.78. The predicted molar refractivity (Wildman–Crippen MR) is 112 cm³/mol. The van der Waals surface area contributed by atoms with Crippen molar-refractivity contribution in [2.45, 2.75) is 46.2 Å². The number of piperidine rings is 1. The lowest BCUT2D eigenvalue weighted by Crippen LogP contribution is -2.42. The second-order valence-corrected chi connectivity index (χ2v) is 7.37. The van der Waals surface area contributed by atoms with E-state index < -0.39 is 0 Å². The molecule has 0 amide bonds. The van der Waals surface area contributed by atoms with Crippen molar-refractivity contribution in [3.63, 3.8) is 0 Å². The van der Waals surface area contributed by atoms with Crippen molar-refractivity contribution >= 4 is 41.3 Å². The van der Waals surface area contributed by atoms with Gasteiger partial charge in [-0.25, -0.2) is 0 Å². The Kier molecular flexibility index (Phi) is 10.1. The minimum Gasteiger partial charge on any atom is -0.357 e. The van der Waals surface area contributed by atoms with Gasteiger partial charge in [0.1, 0.15) is 0 Å². The summed E-state index contributed by atoms with van der Waals surface area (Å²) < 4.78 is 0. The first kappa shape index (κ1) is 20.7. The normalized spacial score (nSPS) is 19.5. The average molecular weight is 450 g/mol. The second-order valence-electron chi connectivity index (χ2n) is 6.34. The summed E-state index contributed by atoms with van der Waals surface area (Å²) in [6, 6.07) is 4.80. The molecule has 1 aliphatic heterocycles. The van der Waals surface area contributed by atoms with E-state index in [1.807, 2.05) is 11.3 Å². The zero-order chi connectivity index (χ0) is 15.8. The van der Waals surface area contributed by atoms with Gasteiger partial charge in [0.2, 0.25) is 0 Å². The Morgan fingerprint density at radius 1 is 1.48 bits per heavy atom. The number of guanidine groups is 1. The van der Waals surface area contributed by atoms with E-state index in [0.717, 1.165) is 25.6 Å². The third-order valence-corrected chi connectivity index (χ3v) is 4.70. The van der Waals surface area contributed by atoms with Gasteiger partial charge >= 0.3 is 0 Å². The number of aliphatic imine (C=N–C) groups is 1. The maximum Gasteiger partial charge on any atom is 0.191 e. The molecule has 1 fully saturated rings. The van der Waals surface area contributed by atoms with Crippen LogP contribution in [0.15, 0.2) is 22.5 Å². The summed E-state index contributed by atoms with van der Waals surface area (Å²) >= 11 is 1.86. The lowest BCUT2D eigenvalue weighted by atomic mass is 9.98. The van der Waals surface area contributed by atoms with Gasteiger partial charge in [-0.3, -0.25) is 9.89 Å². The highest BCUT2D eigenvalue weighted by atomic mass is 127. The summed E-state index contributed by atoms with van der Waals surface area (Å²) in [5.41, 5.74) is 0. The molecular weight excluding hydrogens is 419 g/mol. The summed E-state index contributed by atoms with van der Waals surface area (Å²) in [4.78, 5) is 8.83. The maximum absolute atomic E-state index is 4.78. The van der Waals surface area contributed by atoms with Crippen LogP contribution in [0, 0.1) is 5.92 Å². The molecule has 2 heterocycles. The standard InChI is InChI=1S/C17H30N4S.HI/c1-4-18-17(20-14(2)3)19-11-15-7-5-9-21(12-15)13-16-8-6-10-22-16;/h6,8,10,14-15H,4-5,7,9,11-13H2,1-3H3,(H2,18,19,20);1H. The Labute approximate surface area is 162 Å². The first-order chi connectivity index (χ1) is 10.7. The first-order valence-corrected chi connectivity index (χ1v) is 9.35. The highest BCUT2D eigenvalue weighted by Gasteiger charge is 2.20. The van der Waals surface area contributed by atoms with E-state index in [9.17, 15) is 0 Å². The quantitative estimate of drug-likeness (QED) is 0.396. The molecule has 0 saturated carbocycles. The molecule has 1 unspecified atom stereocenters. The number of rotatable bonds is 6. The van der Waals surface area contributed by atoms with Gasteiger partial charge in [-0.2, -0.15) is 0 Å². The van der Waals surface area contributed by atoms with Crippen molar-refractivity contribution in [1.82, 2.24) is 15.5 Å². The average Bonchev–Trinajstić information content (AvgIpc) is 2.98. The van der Waals surface area contributed by atoms with Gasteiger partial charge < -0.3 is 10.6 Å². The van der Waals surface area contributed by atoms with Crippen molar-refractivity contribution in [3.05, 3.63) is 22.4 Å². The van der Waals surface area contributed by atoms with Crippen LogP contribution in [0.25, 0.3) is 0 Å². The Balaban J connectivity index is 0.00000264. The molecule has 0 bridgehead atoms. The zero-order valence-electron chi connectivity index (χ0n) is 14.5. The van der Waals surface area contributed by atoms with Crippen molar-refractivity contribution in [2.24, 2.45) is 10.9 Å². The van der Waals surface area contributed by atoms with E-state index in [1.54, 1.807) is 0 Å². The molecule has 23 heavy (non-hydrogen) atoms. The van der Waals surface area contributed by atoms with Crippen LogP contribution in [-0.4, -0.2) is 43.1 Å². The third-order valence-electron chi connectivity index (χ3n) is 3.84. The number of likely N-dealkylation sites (tertiary alicyclic amines) is 1. The summed E-state index contributed by atoms with van der Waals surface area (Å²) in [5, 5.41) is 8.89. The Hall–Kier alpha value is -0.340. The number of thiophene rings is 1. The topological polar surface area (TPSA) is 39.7 Å². The molecule has 0 radical (unpaired) electrons. The SMILES string of the molecule is CCNC(=NCC1CCCN(Cc2cccs2)C1)NC(C)C.I. The molecule has 132 valence electrons. The third kappa shape index (κ3) is 7.85. The summed E-state index contributed by atoms with van der Waals surface area (Å²) in [5.74, 6) is 1.63. The molecule has 1 aliphatic rings. The minimum absolute atomic E-state index is 0. The summed E-state index contributed by atoms with van der Waals surface area (Å²) in [7, 11) is 0. The van der Waals surface area contributed by atoms with E-state index >= 15 is 0 Å². The van der Waals surface area contributed by atoms with Gasteiger partial charge in [0.25, 0.3) is 0 Å². The molecule has 1 aromatic rings. The molecule has 6 heteroatoms. The van der Waals surface area contributed by atoms with Crippen molar-refractivity contribution in [2.75, 3.05) is 26.2 Å². The van der Waals surface area contributed by atoms with Crippen LogP contribution in [0.3, 0.4) is 0 Å². The molecule has 2 N–H and O–H groups in total. The molecule has 1 saturated heterocycles. The van der Waals surface area contributed by atoms with E-state index in [0.29, 0.717) is 12.0 Å². The van der Waals surface area contributed by atoms with Gasteiger partial charge in [0.05, 0.1) is 0 Å². The number of hydrogen-bond donors (Lipinski definition) is 2. The predicted octanol–water partition coefficient (Wildman–Crippen LogP) is 3.54. The molecule has 2 rings (SSSR count). The van der Waals surface area contributed by atoms with E-state index in [4.69, 9.17) is 4.99 Å². The van der Waals surface area contributed by atoms with E-state index in [1.165, 1.54) is 30.8 Å². The molecule has 0 spiro atoms. The van der Waals surface area contributed by atoms with Crippen LogP contribution in [0.1, 0.15) is 38.5 Å². The van der Waals surface area contributed by atoms with Gasteiger partial charge in [0, 0.05) is 37.1 Å². The van der Waals surface area contributed by atoms with Crippen molar-refractivity contribution < 1.29 is 0 Å². The van der Waals surface area contributed by atoms with Crippen LogP contribution >= 0.6 is 35.3 Å². The minimum atomic E-state index is 0. The van der Waals surface area contributed by atoms with Crippen LogP contribution in [0.2, 0.25) is 0 Å². The molecular formula is C17H31IN4S. The van der Waals surface area contributed by atoms with Crippen molar-refractivity contribution in [1.29, 1.82) is 0 Å². The van der Waals surface area contributed by atoms with Gasteiger partial charge in [-0.1, -0.05) is 6.07 Å². The van der Waals surface area contributed by atoms with Crippen molar-refractivity contribution in [3.8, 4) is 0 Å². The monoisotopic (exact) mass is 450 g/mol. The van der Waals surface area contributed by atoms with Crippen LogP contribution < -0.4 is 10.6 Å². The molecule has 1 atom stereocenters. The van der Waals surface area contributed by atoms with Crippen LogP contribution in [0.4, 0.5) is 0 Å². The Morgan fingerprint density at radius 3 is 2.96 bits per heavy atom. The van der Waals surface area contributed by atoms with Gasteiger partial charge in [0.15, 0.2) is 5.96 Å². The number of halogens is 1. The highest BCUT2D eigenvalue weighted by molar-refractivity contribution is 14.0. The summed E-state index contributed by atoms with van der Waals surface area (Å²) in [6.45, 7) is 11.7. The number of nitrogens with one attached hydrogen (secondary N) is 2. The molecule has 1 aromatic heterocycles. The molecule has 0 aliphatic carbocycles. The zero-order valence-corrected chi connectivity index (χ0v) is 17.7. The second kappa shape index (κ2) is 11.3. The Bertz CT molecular complexity index is 447. The van der Waals surface area contributed by atoms with Gasteiger partial charge in [-0.15, -0.1) is 35.3 Å². The lowest BCUT2D eigenvalue weighted by Gasteiger charge is -2.31. The summed E-state index contributed by atoms with van der Waals surface area (Å²) in [6.07, 6.45) is 2.59. The Morgan fingerprint density at radius 2 is 2.30 bits per heavy atom. The number of nitrogens with zero attached hydrogens (tertiary/aromatic N) is 2. The van der Waals surface area contributed by atoms with E-state index in [2.05, 4.69) is 53.8 Å². The number of hydrogen-bond acceptors (Lipinski definition) is 3. The van der Waals surface area contributed by atoms with Crippen LogP contribution in [0.5, 0.6) is 0 Å². The molecule has 0 aromatic carbocycles. The lowest BCUT2D eigenvalue weighted by molar-refractivity contribution is 0.172. The van der Waals surface area contributed by atoms with Gasteiger partial charge in [-0.05, 0) is 57.5 Å². The van der Waals surface area contributed by atoms with Crippen LogP contribution in [-0.2, 0) is 6.54 Å². The van der Waals surface area contributed by atoms with E-state index in [-0.39, 0.29) is 24.0 Å². The fourth-order valence-corrected chi connectivity index (χ4v) is 3.63. The fourth-order valence-electron chi connectivity index (χ4n) is 2.88. The smallest absolute Gasteiger partial charge is 0.191 e. The fraction of sp³-hybridized carbons (Fsp3) is 0.706. The highest BCUT2D eigenvalue weighted by Crippen LogP contribution is 2.20.